The van der Waals surface area contributed by atoms with Gasteiger partial charge in [0, 0.05) is 11.6 Å². The fourth-order valence-corrected chi connectivity index (χ4v) is 3.04. The van der Waals surface area contributed by atoms with E-state index in [0.717, 1.165) is 17.0 Å². The van der Waals surface area contributed by atoms with Crippen molar-refractivity contribution >= 4 is 17.3 Å². The number of nitrogens with zero attached hydrogens (tertiary/aromatic N) is 2. The predicted octanol–water partition coefficient (Wildman–Crippen LogP) is 1.23. The third-order valence-electron chi connectivity index (χ3n) is 4.24. The number of rotatable bonds is 4. The monoisotopic (exact) mass is 389 g/mol. The molecule has 0 unspecified atom stereocenters. The molecule has 1 heterocycles. The summed E-state index contributed by atoms with van der Waals surface area (Å²) in [4.78, 5) is 25.2. The van der Waals surface area contributed by atoms with E-state index in [1.54, 1.807) is 4.90 Å². The number of hydrogen-bond donors (Lipinski definition) is 2. The number of quaternary nitrogens is 1. The maximum absolute atomic E-state index is 12.8. The molecule has 2 N–H and O–H groups in total. The van der Waals surface area contributed by atoms with Crippen LogP contribution in [0.1, 0.15) is 26.3 Å². The second kappa shape index (κ2) is 7.71. The van der Waals surface area contributed by atoms with Gasteiger partial charge in [-0.3, -0.25) is 14.9 Å². The number of halogens is 3. The largest absolute Gasteiger partial charge is 0.416 e. The van der Waals surface area contributed by atoms with Gasteiger partial charge in [-0.25, -0.2) is 0 Å². The number of piperazine rings is 1. The van der Waals surface area contributed by atoms with Gasteiger partial charge in [-0.05, 0) is 32.9 Å². The second-order valence-electron chi connectivity index (χ2n) is 7.67. The summed E-state index contributed by atoms with van der Waals surface area (Å²) < 4.78 is 38.5. The molecule has 1 saturated heterocycles. The lowest BCUT2D eigenvalue weighted by molar-refractivity contribution is -0.892. The van der Waals surface area contributed by atoms with E-state index in [1.165, 1.54) is 0 Å². The molecule has 10 heteroatoms. The number of carbonyl (C=O) groups excluding carboxylic acids is 1. The zero-order valence-corrected chi connectivity index (χ0v) is 15.5. The molecule has 0 aromatic heterocycles. The number of amides is 1. The molecule has 2 rings (SSSR count). The number of anilines is 1. The van der Waals surface area contributed by atoms with Crippen LogP contribution < -0.4 is 15.1 Å². The van der Waals surface area contributed by atoms with E-state index in [0.29, 0.717) is 38.8 Å². The molecule has 0 atom stereocenters. The Labute approximate surface area is 155 Å². The van der Waals surface area contributed by atoms with E-state index in [2.05, 4.69) is 5.32 Å². The maximum atomic E-state index is 12.8. The van der Waals surface area contributed by atoms with Crippen LogP contribution in [0.4, 0.5) is 24.5 Å². The Kier molecular flexibility index (Phi) is 5.98. The van der Waals surface area contributed by atoms with Crippen molar-refractivity contribution < 1.29 is 27.8 Å². The van der Waals surface area contributed by atoms with Gasteiger partial charge in [0.05, 0.1) is 36.7 Å². The normalized spacial score (nSPS) is 16.3. The topological polar surface area (TPSA) is 79.9 Å². The highest BCUT2D eigenvalue weighted by Crippen LogP contribution is 2.36. The summed E-state index contributed by atoms with van der Waals surface area (Å²) in [6.45, 7) is 7.94. The van der Waals surface area contributed by atoms with E-state index in [9.17, 15) is 28.1 Å². The second-order valence-corrected chi connectivity index (χ2v) is 7.67. The molecule has 7 nitrogen and oxygen atoms in total. The standard InChI is InChI=1S/C17H23F3N4O3/c1-16(2,3)21-15(25)11-22-6-8-23(9-7-22)13-5-4-12(17(18,19)20)10-14(13)24(26)27/h4-5,10H,6-9,11H2,1-3H3,(H,21,25)/p+1. The van der Waals surface area contributed by atoms with Crippen molar-refractivity contribution in [2.45, 2.75) is 32.5 Å². The van der Waals surface area contributed by atoms with Gasteiger partial charge in [-0.1, -0.05) is 0 Å². The molecule has 27 heavy (non-hydrogen) atoms. The summed E-state index contributed by atoms with van der Waals surface area (Å²) in [6.07, 6.45) is -4.63. The summed E-state index contributed by atoms with van der Waals surface area (Å²) in [6, 6.07) is 2.59. The number of carbonyl (C=O) groups is 1. The number of benzene rings is 1. The van der Waals surface area contributed by atoms with E-state index >= 15 is 0 Å². The molecule has 1 aromatic carbocycles. The first-order chi connectivity index (χ1) is 12.4. The summed E-state index contributed by atoms with van der Waals surface area (Å²) in [5, 5.41) is 14.1. The molecular weight excluding hydrogens is 365 g/mol. The van der Waals surface area contributed by atoms with Crippen molar-refractivity contribution in [3.8, 4) is 0 Å². The average Bonchev–Trinajstić information content (AvgIpc) is 2.52. The van der Waals surface area contributed by atoms with Crippen LogP contribution in [0.15, 0.2) is 18.2 Å². The third-order valence-corrected chi connectivity index (χ3v) is 4.24. The van der Waals surface area contributed by atoms with Crippen LogP contribution in [0.2, 0.25) is 0 Å². The molecule has 1 amide bonds. The molecule has 1 aliphatic rings. The first-order valence-corrected chi connectivity index (χ1v) is 8.62. The smallest absolute Gasteiger partial charge is 0.355 e. The van der Waals surface area contributed by atoms with Crippen molar-refractivity contribution in [1.82, 2.24) is 5.32 Å². The lowest BCUT2D eigenvalue weighted by Crippen LogP contribution is -3.16. The predicted molar refractivity (Wildman–Crippen MR) is 93.8 cm³/mol. The molecular formula is C17H24F3N4O3+. The fourth-order valence-electron chi connectivity index (χ4n) is 3.04. The molecule has 150 valence electrons. The Morgan fingerprint density at radius 1 is 1.26 bits per heavy atom. The van der Waals surface area contributed by atoms with Crippen LogP contribution >= 0.6 is 0 Å². The number of nitro groups is 1. The van der Waals surface area contributed by atoms with Gasteiger partial charge in [0.1, 0.15) is 5.69 Å². The Morgan fingerprint density at radius 3 is 2.33 bits per heavy atom. The van der Waals surface area contributed by atoms with Crippen LogP contribution in [-0.2, 0) is 11.0 Å². The number of alkyl halides is 3. The summed E-state index contributed by atoms with van der Waals surface area (Å²) in [5.41, 5.74) is -1.75. The zero-order chi connectivity index (χ0) is 20.4. The van der Waals surface area contributed by atoms with Gasteiger partial charge in [-0.15, -0.1) is 0 Å². The number of nitro benzene ring substituents is 1. The molecule has 0 spiro atoms. The first kappa shape index (κ1) is 20.9. The van der Waals surface area contributed by atoms with Crippen LogP contribution in [-0.4, -0.2) is 49.1 Å². The summed E-state index contributed by atoms with van der Waals surface area (Å²) >= 11 is 0. The minimum absolute atomic E-state index is 0.0774. The zero-order valence-electron chi connectivity index (χ0n) is 15.5. The third kappa shape index (κ3) is 5.81. The number of hydrogen-bond acceptors (Lipinski definition) is 4. The molecule has 0 aliphatic carbocycles. The Morgan fingerprint density at radius 2 is 1.85 bits per heavy atom. The van der Waals surface area contributed by atoms with E-state index in [-0.39, 0.29) is 17.1 Å². The van der Waals surface area contributed by atoms with E-state index < -0.39 is 22.4 Å². The van der Waals surface area contributed by atoms with Crippen molar-refractivity contribution in [2.75, 3.05) is 37.6 Å². The van der Waals surface area contributed by atoms with Crippen molar-refractivity contribution in [1.29, 1.82) is 0 Å². The molecule has 1 aromatic rings. The lowest BCUT2D eigenvalue weighted by atomic mass is 10.1. The van der Waals surface area contributed by atoms with Crippen LogP contribution in [0.5, 0.6) is 0 Å². The van der Waals surface area contributed by atoms with Gasteiger partial charge in [0.2, 0.25) is 0 Å². The molecule has 1 aliphatic heterocycles. The highest BCUT2D eigenvalue weighted by molar-refractivity contribution is 5.77. The fraction of sp³-hybridized carbons (Fsp3) is 0.588. The average molecular weight is 389 g/mol. The summed E-state index contributed by atoms with van der Waals surface area (Å²) in [7, 11) is 0. The highest BCUT2D eigenvalue weighted by atomic mass is 19.4. The van der Waals surface area contributed by atoms with Gasteiger partial charge >= 0.3 is 6.18 Å². The van der Waals surface area contributed by atoms with Crippen LogP contribution in [0, 0.1) is 10.1 Å². The van der Waals surface area contributed by atoms with E-state index in [1.807, 2.05) is 20.8 Å². The molecule has 0 bridgehead atoms. The molecule has 1 fully saturated rings. The van der Waals surface area contributed by atoms with Gasteiger partial charge in [-0.2, -0.15) is 13.2 Å². The Bertz CT molecular complexity index is 708. The van der Waals surface area contributed by atoms with E-state index in [4.69, 9.17) is 0 Å². The van der Waals surface area contributed by atoms with Gasteiger partial charge in [0.25, 0.3) is 11.6 Å². The Hall–Kier alpha value is -2.36. The Balaban J connectivity index is 2.05. The van der Waals surface area contributed by atoms with Crippen LogP contribution in [0.3, 0.4) is 0 Å². The maximum Gasteiger partial charge on any atom is 0.416 e. The van der Waals surface area contributed by atoms with Crippen molar-refractivity contribution in [2.24, 2.45) is 0 Å². The first-order valence-electron chi connectivity index (χ1n) is 8.62. The number of nitrogens with one attached hydrogen (secondary N) is 2. The van der Waals surface area contributed by atoms with Gasteiger partial charge in [0.15, 0.2) is 6.54 Å². The quantitative estimate of drug-likeness (QED) is 0.600. The highest BCUT2D eigenvalue weighted by Gasteiger charge is 2.34. The molecule has 0 radical (unpaired) electrons. The SMILES string of the molecule is CC(C)(C)NC(=O)C[NH+]1CCN(c2ccc(C(F)(F)F)cc2[N+](=O)[O-])CC1. The van der Waals surface area contributed by atoms with Crippen molar-refractivity contribution in [3.05, 3.63) is 33.9 Å². The van der Waals surface area contributed by atoms with Crippen LogP contribution in [0.25, 0.3) is 0 Å². The van der Waals surface area contributed by atoms with Gasteiger partial charge < -0.3 is 15.1 Å². The minimum Gasteiger partial charge on any atom is -0.355 e. The summed E-state index contributed by atoms with van der Waals surface area (Å²) in [5.74, 6) is -0.0774. The lowest BCUT2D eigenvalue weighted by Gasteiger charge is -2.33. The molecule has 0 saturated carbocycles. The minimum atomic E-state index is -4.63. The van der Waals surface area contributed by atoms with Crippen molar-refractivity contribution in [3.63, 3.8) is 0 Å².